The molecule has 1 unspecified atom stereocenters. The van der Waals surface area contributed by atoms with Gasteiger partial charge in [-0.1, -0.05) is 46.3 Å². The molecular weight excluding hydrogens is 268 g/mol. The molecular formula is C16H30N2O3. The average molecular weight is 298 g/mol. The van der Waals surface area contributed by atoms with Gasteiger partial charge in [0.15, 0.2) is 0 Å². The smallest absolute Gasteiger partial charge is 0.350 e. The van der Waals surface area contributed by atoms with Crippen molar-refractivity contribution in [2.24, 2.45) is 11.1 Å². The van der Waals surface area contributed by atoms with E-state index in [1.807, 2.05) is 0 Å². The molecule has 1 atom stereocenters. The third-order valence-electron chi connectivity index (χ3n) is 2.82. The molecule has 21 heavy (non-hydrogen) atoms. The summed E-state index contributed by atoms with van der Waals surface area (Å²) < 4.78 is 0. The monoisotopic (exact) mass is 298 g/mol. The third kappa shape index (κ3) is 14.8. The largest absolute Gasteiger partial charge is 0.373 e. The second kappa shape index (κ2) is 12.3. The Morgan fingerprint density at radius 2 is 1.81 bits per heavy atom. The summed E-state index contributed by atoms with van der Waals surface area (Å²) in [4.78, 5) is 28.0. The molecule has 0 heterocycles. The second-order valence-electron chi connectivity index (χ2n) is 6.27. The highest BCUT2D eigenvalue weighted by Crippen LogP contribution is 2.25. The fourth-order valence-corrected chi connectivity index (χ4v) is 1.93. The molecule has 5 nitrogen and oxygen atoms in total. The number of rotatable bonds is 8. The van der Waals surface area contributed by atoms with Crippen LogP contribution in [0, 0.1) is 5.41 Å². The molecule has 122 valence electrons. The van der Waals surface area contributed by atoms with Gasteiger partial charge >= 0.3 is 6.15 Å². The maximum absolute atomic E-state index is 11.8. The van der Waals surface area contributed by atoms with Gasteiger partial charge in [-0.15, -0.1) is 0 Å². The van der Waals surface area contributed by atoms with Gasteiger partial charge in [0, 0.05) is 6.42 Å². The zero-order valence-corrected chi connectivity index (χ0v) is 13.8. The molecule has 0 rings (SSSR count). The normalized spacial score (nSPS) is 11.7. The van der Waals surface area contributed by atoms with Crippen LogP contribution in [0.5, 0.6) is 0 Å². The lowest BCUT2D eigenvalue weighted by Crippen LogP contribution is -2.38. The maximum atomic E-state index is 11.8. The van der Waals surface area contributed by atoms with E-state index in [0.717, 1.165) is 31.3 Å². The van der Waals surface area contributed by atoms with Gasteiger partial charge in [0.2, 0.25) is 5.91 Å². The van der Waals surface area contributed by atoms with Gasteiger partial charge in [-0.25, -0.2) is 0 Å². The van der Waals surface area contributed by atoms with Gasteiger partial charge in [0.1, 0.15) is 0 Å². The Balaban J connectivity index is 0. The molecule has 0 fully saturated rings. The molecule has 0 aromatic heterocycles. The Hall–Kier alpha value is -1.45. The molecule has 5 heteroatoms. The number of nitrogens with one attached hydrogen (secondary N) is 1. The Morgan fingerprint density at radius 1 is 1.29 bits per heavy atom. The first-order valence-corrected chi connectivity index (χ1v) is 7.38. The van der Waals surface area contributed by atoms with Crippen molar-refractivity contribution in [2.75, 3.05) is 6.54 Å². The summed E-state index contributed by atoms with van der Waals surface area (Å²) in [6, 6.07) is 0.0928. The molecule has 3 N–H and O–H groups in total. The predicted octanol–water partition coefficient (Wildman–Crippen LogP) is 2.42. The molecule has 1 amide bonds. The molecule has 0 radical (unpaired) electrons. The summed E-state index contributed by atoms with van der Waals surface area (Å²) >= 11 is 0. The van der Waals surface area contributed by atoms with Crippen LogP contribution in [0.1, 0.15) is 59.8 Å². The molecule has 0 aromatic rings. The van der Waals surface area contributed by atoms with Crippen molar-refractivity contribution in [3.05, 3.63) is 12.2 Å². The number of carbonyl (C=O) groups is 1. The molecule has 0 aliphatic heterocycles. The van der Waals surface area contributed by atoms with E-state index < -0.39 is 0 Å². The molecule has 0 saturated carbocycles. The van der Waals surface area contributed by atoms with Crippen LogP contribution in [0.25, 0.3) is 0 Å². The van der Waals surface area contributed by atoms with Crippen LogP contribution in [0.4, 0.5) is 0 Å². The van der Waals surface area contributed by atoms with Crippen LogP contribution in [-0.4, -0.2) is 24.6 Å². The summed E-state index contributed by atoms with van der Waals surface area (Å²) in [5.41, 5.74) is 6.74. The molecule has 0 saturated heterocycles. The number of hydrogen-bond donors (Lipinski definition) is 2. The summed E-state index contributed by atoms with van der Waals surface area (Å²) in [7, 11) is 0. The zero-order chi connectivity index (χ0) is 16.9. The lowest BCUT2D eigenvalue weighted by molar-refractivity contribution is -0.191. The number of nitrogens with two attached hydrogens (primary N) is 1. The Bertz CT molecular complexity index is 340. The van der Waals surface area contributed by atoms with Crippen molar-refractivity contribution in [3.63, 3.8) is 0 Å². The van der Waals surface area contributed by atoms with Crippen LogP contribution in [0.15, 0.2) is 12.2 Å². The standard InChI is InChI=1S/C15H30N2O.CO2/c1-6-8-12(2)13(11-15(3,4)5)17-14(18)9-7-10-16;2-1-3/h13H,2,6-11,16H2,1,3-5H3,(H,17,18);. The quantitative estimate of drug-likeness (QED) is 0.673. The highest BCUT2D eigenvalue weighted by molar-refractivity contribution is 5.76. The van der Waals surface area contributed by atoms with Crippen molar-refractivity contribution < 1.29 is 14.4 Å². The second-order valence-corrected chi connectivity index (χ2v) is 6.27. The summed E-state index contributed by atoms with van der Waals surface area (Å²) in [5.74, 6) is 0.0898. The van der Waals surface area contributed by atoms with Crippen molar-refractivity contribution in [1.82, 2.24) is 5.32 Å². The van der Waals surface area contributed by atoms with Crippen molar-refractivity contribution in [3.8, 4) is 0 Å². The zero-order valence-electron chi connectivity index (χ0n) is 13.8. The SMILES string of the molecule is C=C(CCC)C(CC(C)(C)C)NC(=O)CCCN.O=C=O. The summed E-state index contributed by atoms with van der Waals surface area (Å²) in [6.07, 6.45) is 4.47. The molecule has 0 bridgehead atoms. The van der Waals surface area contributed by atoms with Crippen LogP contribution < -0.4 is 11.1 Å². The van der Waals surface area contributed by atoms with Crippen LogP contribution in [-0.2, 0) is 14.4 Å². The number of carbonyl (C=O) groups excluding carboxylic acids is 3. The predicted molar refractivity (Wildman–Crippen MR) is 83.3 cm³/mol. The van der Waals surface area contributed by atoms with E-state index in [2.05, 4.69) is 39.6 Å². The first kappa shape index (κ1) is 21.8. The van der Waals surface area contributed by atoms with Crippen LogP contribution >= 0.6 is 0 Å². The van der Waals surface area contributed by atoms with Gasteiger partial charge < -0.3 is 11.1 Å². The fourth-order valence-electron chi connectivity index (χ4n) is 1.93. The summed E-state index contributed by atoms with van der Waals surface area (Å²) in [5, 5.41) is 3.10. The molecule has 0 spiro atoms. The third-order valence-corrected chi connectivity index (χ3v) is 2.82. The van der Waals surface area contributed by atoms with E-state index in [1.54, 1.807) is 0 Å². The fraction of sp³-hybridized carbons (Fsp3) is 0.750. The lowest BCUT2D eigenvalue weighted by Gasteiger charge is -2.28. The van der Waals surface area contributed by atoms with Gasteiger partial charge in [0.25, 0.3) is 0 Å². The number of hydrogen-bond acceptors (Lipinski definition) is 4. The van der Waals surface area contributed by atoms with Crippen molar-refractivity contribution in [1.29, 1.82) is 0 Å². The highest BCUT2D eigenvalue weighted by Gasteiger charge is 2.22. The average Bonchev–Trinajstić information content (AvgIpc) is 2.35. The van der Waals surface area contributed by atoms with Gasteiger partial charge in [-0.2, -0.15) is 9.59 Å². The van der Waals surface area contributed by atoms with Crippen LogP contribution in [0.2, 0.25) is 0 Å². The Kier molecular flexibility index (Phi) is 12.8. The Labute approximate surface area is 128 Å². The van der Waals surface area contributed by atoms with E-state index in [9.17, 15) is 4.79 Å². The Morgan fingerprint density at radius 3 is 2.19 bits per heavy atom. The summed E-state index contributed by atoms with van der Waals surface area (Å²) in [6.45, 7) is 13.4. The topological polar surface area (TPSA) is 89.3 Å². The van der Waals surface area contributed by atoms with Gasteiger partial charge in [-0.05, 0) is 31.2 Å². The maximum Gasteiger partial charge on any atom is 0.373 e. The van der Waals surface area contributed by atoms with E-state index >= 15 is 0 Å². The minimum atomic E-state index is 0.0898. The minimum absolute atomic E-state index is 0.0898. The van der Waals surface area contributed by atoms with Gasteiger partial charge in [-0.3, -0.25) is 4.79 Å². The molecule has 0 aliphatic carbocycles. The lowest BCUT2D eigenvalue weighted by atomic mass is 9.84. The van der Waals surface area contributed by atoms with E-state index in [1.165, 1.54) is 0 Å². The van der Waals surface area contributed by atoms with Crippen LogP contribution in [0.3, 0.4) is 0 Å². The van der Waals surface area contributed by atoms with Crippen molar-refractivity contribution in [2.45, 2.75) is 65.8 Å². The van der Waals surface area contributed by atoms with E-state index in [4.69, 9.17) is 15.3 Å². The van der Waals surface area contributed by atoms with Gasteiger partial charge in [0.05, 0.1) is 6.04 Å². The first-order valence-electron chi connectivity index (χ1n) is 7.38. The highest BCUT2D eigenvalue weighted by atomic mass is 16.2. The van der Waals surface area contributed by atoms with E-state index in [0.29, 0.717) is 13.0 Å². The minimum Gasteiger partial charge on any atom is -0.350 e. The molecule has 0 aromatic carbocycles. The van der Waals surface area contributed by atoms with Crippen molar-refractivity contribution >= 4 is 12.1 Å². The van der Waals surface area contributed by atoms with E-state index in [-0.39, 0.29) is 23.5 Å². The molecule has 0 aliphatic rings. The first-order chi connectivity index (χ1) is 9.71. The number of amides is 1.